The summed E-state index contributed by atoms with van der Waals surface area (Å²) in [5.74, 6) is 2.86. The number of nitrogens with zero attached hydrogens (tertiary/aromatic N) is 4. The van der Waals surface area contributed by atoms with Crippen LogP contribution in [0.15, 0.2) is 32.3 Å². The van der Waals surface area contributed by atoms with E-state index in [0.29, 0.717) is 18.3 Å². The van der Waals surface area contributed by atoms with Gasteiger partial charge in [0.25, 0.3) is 0 Å². The zero-order valence-electron chi connectivity index (χ0n) is 15.6. The Balaban J connectivity index is 1.64. The summed E-state index contributed by atoms with van der Waals surface area (Å²) in [5, 5.41) is 10.6. The monoisotopic (exact) mass is 360 g/mol. The molecule has 8 heteroatoms. The second-order valence-corrected chi connectivity index (χ2v) is 6.43. The Labute approximate surface area is 154 Å². The van der Waals surface area contributed by atoms with Crippen LogP contribution in [0.2, 0.25) is 0 Å². The van der Waals surface area contributed by atoms with E-state index < -0.39 is 0 Å². The van der Waals surface area contributed by atoms with E-state index in [1.54, 1.807) is 13.2 Å². The molecule has 26 heavy (non-hydrogen) atoms. The smallest absolute Gasteiger partial charge is 0.223 e. The van der Waals surface area contributed by atoms with Gasteiger partial charge in [0.05, 0.1) is 12.3 Å². The summed E-state index contributed by atoms with van der Waals surface area (Å²) in [5.41, 5.74) is 0. The Bertz CT molecular complexity index is 676. The molecule has 8 nitrogen and oxygen atoms in total. The topological polar surface area (TPSA) is 91.7 Å². The number of furan rings is 1. The Morgan fingerprint density at radius 1 is 1.31 bits per heavy atom. The van der Waals surface area contributed by atoms with Crippen molar-refractivity contribution in [2.45, 2.75) is 45.7 Å². The number of hydrogen-bond donors (Lipinski definition) is 2. The predicted molar refractivity (Wildman–Crippen MR) is 98.7 cm³/mol. The van der Waals surface area contributed by atoms with Gasteiger partial charge in [-0.25, -0.2) is 4.99 Å². The molecule has 2 aromatic rings. The molecule has 2 N–H and O–H groups in total. The minimum absolute atomic E-state index is 0.196. The molecule has 1 aliphatic heterocycles. The summed E-state index contributed by atoms with van der Waals surface area (Å²) < 4.78 is 10.7. The van der Waals surface area contributed by atoms with Crippen LogP contribution >= 0.6 is 0 Å². The summed E-state index contributed by atoms with van der Waals surface area (Å²) in [6.07, 6.45) is 5.53. The number of aliphatic imine (C=N–C) groups is 1. The fourth-order valence-electron chi connectivity index (χ4n) is 3.21. The highest BCUT2D eigenvalue weighted by Crippen LogP contribution is 2.24. The van der Waals surface area contributed by atoms with Crippen molar-refractivity contribution in [1.82, 2.24) is 25.7 Å². The SMILES string of the molecule is CCNC(=NCc1noc(C)n1)NCC(c1ccco1)N1CCCCC1. The van der Waals surface area contributed by atoms with Crippen molar-refractivity contribution in [3.63, 3.8) is 0 Å². The third-order valence-corrected chi connectivity index (χ3v) is 4.46. The van der Waals surface area contributed by atoms with Crippen molar-refractivity contribution < 1.29 is 8.94 Å². The van der Waals surface area contributed by atoms with Gasteiger partial charge in [0, 0.05) is 20.0 Å². The van der Waals surface area contributed by atoms with Crippen molar-refractivity contribution in [3.05, 3.63) is 35.9 Å². The molecule has 0 aromatic carbocycles. The summed E-state index contributed by atoms with van der Waals surface area (Å²) >= 11 is 0. The number of aryl methyl sites for hydroxylation is 1. The number of piperidine rings is 1. The van der Waals surface area contributed by atoms with Crippen LogP contribution in [0.5, 0.6) is 0 Å². The predicted octanol–water partition coefficient (Wildman–Crippen LogP) is 2.25. The lowest BCUT2D eigenvalue weighted by atomic mass is 10.1. The Morgan fingerprint density at radius 3 is 2.81 bits per heavy atom. The van der Waals surface area contributed by atoms with E-state index in [1.165, 1.54) is 19.3 Å². The van der Waals surface area contributed by atoms with Crippen LogP contribution in [-0.2, 0) is 6.54 Å². The number of aromatic nitrogens is 2. The second-order valence-electron chi connectivity index (χ2n) is 6.43. The summed E-state index contributed by atoms with van der Waals surface area (Å²) in [7, 11) is 0. The molecule has 0 spiro atoms. The first-order chi connectivity index (χ1) is 12.8. The van der Waals surface area contributed by atoms with Crippen LogP contribution in [0.1, 0.15) is 49.7 Å². The van der Waals surface area contributed by atoms with E-state index in [9.17, 15) is 0 Å². The molecule has 2 aromatic heterocycles. The highest BCUT2D eigenvalue weighted by molar-refractivity contribution is 5.79. The van der Waals surface area contributed by atoms with Gasteiger partial charge in [-0.15, -0.1) is 0 Å². The molecular formula is C18H28N6O2. The molecule has 1 atom stereocenters. The van der Waals surface area contributed by atoms with Crippen LogP contribution in [-0.4, -0.2) is 47.2 Å². The maximum atomic E-state index is 5.70. The molecule has 1 aliphatic rings. The number of hydrogen-bond acceptors (Lipinski definition) is 6. The van der Waals surface area contributed by atoms with Crippen LogP contribution in [0.3, 0.4) is 0 Å². The van der Waals surface area contributed by atoms with Crippen LogP contribution < -0.4 is 10.6 Å². The van der Waals surface area contributed by atoms with Gasteiger partial charge in [-0.2, -0.15) is 4.98 Å². The van der Waals surface area contributed by atoms with Gasteiger partial charge in [0.15, 0.2) is 11.8 Å². The van der Waals surface area contributed by atoms with Gasteiger partial charge in [0.2, 0.25) is 5.89 Å². The standard InChI is InChI=1S/C18H28N6O2/c1-3-19-18(21-13-17-22-14(2)26-23-17)20-12-15(16-8-7-11-25-16)24-9-5-4-6-10-24/h7-8,11,15H,3-6,9-10,12-13H2,1-2H3,(H2,19,20,21). The van der Waals surface area contributed by atoms with Gasteiger partial charge >= 0.3 is 0 Å². The zero-order valence-corrected chi connectivity index (χ0v) is 15.6. The number of nitrogens with one attached hydrogen (secondary N) is 2. The van der Waals surface area contributed by atoms with E-state index in [0.717, 1.165) is 37.9 Å². The lowest BCUT2D eigenvalue weighted by Gasteiger charge is -2.33. The maximum absolute atomic E-state index is 5.70. The van der Waals surface area contributed by atoms with Gasteiger partial charge in [-0.3, -0.25) is 4.90 Å². The Hall–Kier alpha value is -2.35. The average Bonchev–Trinajstić information content (AvgIpc) is 3.33. The molecule has 0 bridgehead atoms. The summed E-state index contributed by atoms with van der Waals surface area (Å²) in [4.78, 5) is 11.2. The third-order valence-electron chi connectivity index (χ3n) is 4.46. The third kappa shape index (κ3) is 5.08. The number of guanidine groups is 1. The first kappa shape index (κ1) is 18.4. The summed E-state index contributed by atoms with van der Waals surface area (Å²) in [6, 6.07) is 4.19. The van der Waals surface area contributed by atoms with Crippen molar-refractivity contribution in [3.8, 4) is 0 Å². The highest BCUT2D eigenvalue weighted by Gasteiger charge is 2.24. The van der Waals surface area contributed by atoms with Crippen LogP contribution in [0.4, 0.5) is 0 Å². The highest BCUT2D eigenvalue weighted by atomic mass is 16.5. The van der Waals surface area contributed by atoms with E-state index in [1.807, 2.05) is 19.1 Å². The summed E-state index contributed by atoms with van der Waals surface area (Å²) in [6.45, 7) is 7.91. The second kappa shape index (κ2) is 9.38. The molecule has 0 amide bonds. The molecule has 1 fully saturated rings. The van der Waals surface area contributed by atoms with Gasteiger partial charge in [-0.05, 0) is 45.0 Å². The van der Waals surface area contributed by atoms with Crippen molar-refractivity contribution >= 4 is 5.96 Å². The molecule has 142 valence electrons. The van der Waals surface area contributed by atoms with E-state index in [-0.39, 0.29) is 6.04 Å². The van der Waals surface area contributed by atoms with E-state index in [2.05, 4.69) is 30.7 Å². The first-order valence-electron chi connectivity index (χ1n) is 9.35. The Morgan fingerprint density at radius 2 is 2.15 bits per heavy atom. The van der Waals surface area contributed by atoms with Crippen LogP contribution in [0.25, 0.3) is 0 Å². The largest absolute Gasteiger partial charge is 0.468 e. The van der Waals surface area contributed by atoms with Gasteiger partial charge in [-0.1, -0.05) is 11.6 Å². The molecule has 3 rings (SSSR count). The molecule has 0 aliphatic carbocycles. The van der Waals surface area contributed by atoms with E-state index >= 15 is 0 Å². The molecular weight excluding hydrogens is 332 g/mol. The molecule has 0 saturated carbocycles. The molecule has 1 unspecified atom stereocenters. The quantitative estimate of drug-likeness (QED) is 0.578. The maximum Gasteiger partial charge on any atom is 0.223 e. The molecule has 3 heterocycles. The lowest BCUT2D eigenvalue weighted by Crippen LogP contribution is -2.44. The fraction of sp³-hybridized carbons (Fsp3) is 0.611. The lowest BCUT2D eigenvalue weighted by molar-refractivity contribution is 0.146. The van der Waals surface area contributed by atoms with Crippen LogP contribution in [0, 0.1) is 6.92 Å². The number of likely N-dealkylation sites (tertiary alicyclic amines) is 1. The Kier molecular flexibility index (Phi) is 6.65. The normalized spacial score (nSPS) is 17.2. The zero-order chi connectivity index (χ0) is 18.2. The first-order valence-corrected chi connectivity index (χ1v) is 9.35. The molecule has 0 radical (unpaired) electrons. The minimum atomic E-state index is 0.196. The van der Waals surface area contributed by atoms with Crippen molar-refractivity contribution in [1.29, 1.82) is 0 Å². The van der Waals surface area contributed by atoms with Crippen molar-refractivity contribution in [2.75, 3.05) is 26.2 Å². The van der Waals surface area contributed by atoms with Crippen molar-refractivity contribution in [2.24, 2.45) is 4.99 Å². The van der Waals surface area contributed by atoms with Gasteiger partial charge < -0.3 is 19.6 Å². The number of rotatable bonds is 7. The van der Waals surface area contributed by atoms with Gasteiger partial charge in [0.1, 0.15) is 12.3 Å². The molecule has 1 saturated heterocycles. The van der Waals surface area contributed by atoms with E-state index in [4.69, 9.17) is 8.94 Å². The fourth-order valence-corrected chi connectivity index (χ4v) is 3.21. The average molecular weight is 360 g/mol. The minimum Gasteiger partial charge on any atom is -0.468 e.